The fourth-order valence-corrected chi connectivity index (χ4v) is 4.30. The van der Waals surface area contributed by atoms with Crippen LogP contribution in [0.3, 0.4) is 0 Å². The van der Waals surface area contributed by atoms with Gasteiger partial charge in [0.05, 0.1) is 10.7 Å². The van der Waals surface area contributed by atoms with Crippen molar-refractivity contribution in [3.05, 3.63) is 61.3 Å². The number of carbonyl (C=O) groups is 1. The second-order valence-electron chi connectivity index (χ2n) is 5.79. The van der Waals surface area contributed by atoms with Gasteiger partial charge in [0.1, 0.15) is 11.4 Å². The molecule has 2 aromatic heterocycles. The molecule has 0 spiro atoms. The van der Waals surface area contributed by atoms with Crippen LogP contribution in [0.5, 0.6) is 5.75 Å². The number of ether oxygens (including phenoxy) is 1. The molecule has 0 aliphatic heterocycles. The number of amides is 1. The van der Waals surface area contributed by atoms with E-state index in [2.05, 4.69) is 57.3 Å². The third-order valence-electron chi connectivity index (χ3n) is 3.57. The number of anilines is 1. The highest BCUT2D eigenvalue weighted by Gasteiger charge is 2.31. The van der Waals surface area contributed by atoms with E-state index in [0.717, 1.165) is 16.8 Å². The summed E-state index contributed by atoms with van der Waals surface area (Å²) in [4.78, 5) is 16.8. The average molecular weight is 634 g/mol. The number of pyridine rings is 1. The number of hydrogen-bond donors (Lipinski definition) is 2. The Kier molecular flexibility index (Phi) is 7.65. The zero-order chi connectivity index (χ0) is 23.6. The number of thiocarbonyl (C=S) groups is 1. The Hall–Kier alpha value is -1.93. The maximum Gasteiger partial charge on any atom is 0.573 e. The predicted molar refractivity (Wildman–Crippen MR) is 124 cm³/mol. The molecule has 0 aliphatic carbocycles. The number of nitrogens with zero attached hydrogens (tertiary/aromatic N) is 3. The van der Waals surface area contributed by atoms with Crippen molar-refractivity contribution in [2.75, 3.05) is 5.32 Å². The first kappa shape index (κ1) is 24.7. The van der Waals surface area contributed by atoms with Crippen LogP contribution in [0, 0.1) is 0 Å². The predicted octanol–water partition coefficient (Wildman–Crippen LogP) is 6.12. The van der Waals surface area contributed by atoms with E-state index in [1.807, 2.05) is 0 Å². The topological polar surface area (TPSA) is 81.1 Å². The molecule has 0 bridgehead atoms. The van der Waals surface area contributed by atoms with Crippen LogP contribution >= 0.6 is 67.3 Å². The summed E-state index contributed by atoms with van der Waals surface area (Å²) in [5, 5.41) is 9.25. The summed E-state index contributed by atoms with van der Waals surface area (Å²) in [6.45, 7) is 0. The third kappa shape index (κ3) is 6.10. The molecule has 0 unspecified atom stereocenters. The maximum absolute atomic E-state index is 12.7. The van der Waals surface area contributed by atoms with Crippen molar-refractivity contribution in [2.45, 2.75) is 6.36 Å². The van der Waals surface area contributed by atoms with Crippen molar-refractivity contribution in [2.24, 2.45) is 0 Å². The van der Waals surface area contributed by atoms with E-state index in [4.69, 9.17) is 35.4 Å². The van der Waals surface area contributed by atoms with Gasteiger partial charge in [-0.15, -0.1) is 13.2 Å². The number of rotatable bonds is 4. The number of nitrogens with one attached hydrogen (secondary N) is 2. The summed E-state index contributed by atoms with van der Waals surface area (Å²) in [6.07, 6.45) is -3.39. The van der Waals surface area contributed by atoms with Crippen molar-refractivity contribution in [3.8, 4) is 11.6 Å². The van der Waals surface area contributed by atoms with Crippen molar-refractivity contribution in [1.82, 2.24) is 20.1 Å². The molecular formula is C17H8Br2Cl2F3N5O2S. The van der Waals surface area contributed by atoms with Crippen LogP contribution in [0.2, 0.25) is 10.2 Å². The van der Waals surface area contributed by atoms with Gasteiger partial charge in [-0.3, -0.25) is 10.1 Å². The van der Waals surface area contributed by atoms with Gasteiger partial charge >= 0.3 is 6.36 Å². The van der Waals surface area contributed by atoms with E-state index in [1.165, 1.54) is 12.3 Å². The Balaban J connectivity index is 1.78. The van der Waals surface area contributed by atoms with Gasteiger partial charge in [-0.25, -0.2) is 9.67 Å². The minimum absolute atomic E-state index is 0.00759. The first-order valence-corrected chi connectivity index (χ1v) is 10.9. The van der Waals surface area contributed by atoms with Crippen LogP contribution in [-0.2, 0) is 0 Å². The Morgan fingerprint density at radius 2 is 1.84 bits per heavy atom. The van der Waals surface area contributed by atoms with Gasteiger partial charge in [0.25, 0.3) is 5.91 Å². The molecule has 0 radical (unpaired) electrons. The molecule has 0 atom stereocenters. The third-order valence-corrected chi connectivity index (χ3v) is 5.50. The van der Waals surface area contributed by atoms with Crippen LogP contribution < -0.4 is 15.4 Å². The van der Waals surface area contributed by atoms with Crippen molar-refractivity contribution in [3.63, 3.8) is 0 Å². The first-order chi connectivity index (χ1) is 14.9. The molecule has 1 aromatic carbocycles. The highest BCUT2D eigenvalue weighted by molar-refractivity contribution is 9.11. The molecule has 1 amide bonds. The van der Waals surface area contributed by atoms with Crippen LogP contribution in [0.25, 0.3) is 5.82 Å². The zero-order valence-corrected chi connectivity index (χ0v) is 20.7. The van der Waals surface area contributed by atoms with Crippen molar-refractivity contribution >= 4 is 84.0 Å². The van der Waals surface area contributed by atoms with Gasteiger partial charge < -0.3 is 10.1 Å². The summed E-state index contributed by atoms with van der Waals surface area (Å²) in [7, 11) is 0. The van der Waals surface area contributed by atoms with Gasteiger partial charge in [0.15, 0.2) is 16.1 Å². The van der Waals surface area contributed by atoms with Gasteiger partial charge in [-0.1, -0.05) is 23.2 Å². The fourth-order valence-electron chi connectivity index (χ4n) is 2.38. The number of halogens is 7. The van der Waals surface area contributed by atoms with Gasteiger partial charge in [-0.05, 0) is 68.3 Å². The van der Waals surface area contributed by atoms with Gasteiger partial charge in [0, 0.05) is 21.2 Å². The smallest absolute Gasteiger partial charge is 0.406 e. The molecular weight excluding hydrogens is 626 g/mol. The van der Waals surface area contributed by atoms with Crippen LogP contribution in [0.4, 0.5) is 18.9 Å². The molecule has 0 fully saturated rings. The summed E-state index contributed by atoms with van der Waals surface area (Å²) >= 11 is 23.5. The maximum atomic E-state index is 12.7. The fraction of sp³-hybridized carbons (Fsp3) is 0.0588. The highest BCUT2D eigenvalue weighted by atomic mass is 79.9. The standard InChI is InChI=1S/C17H8Br2Cl2F3N5O2S/c18-8-4-7(31-17(22,23)24)5-9(19)13(8)26-16(32)27-15(30)11-6-12(21)28-29(11)14-10(20)2-1-3-25-14/h1-6H,(H2,26,27,30,32). The number of carbonyl (C=O) groups excluding carboxylic acids is 1. The lowest BCUT2D eigenvalue weighted by Crippen LogP contribution is -2.35. The number of benzene rings is 1. The highest BCUT2D eigenvalue weighted by Crippen LogP contribution is 2.37. The summed E-state index contributed by atoms with van der Waals surface area (Å²) < 4.78 is 42.7. The summed E-state index contributed by atoms with van der Waals surface area (Å²) in [6, 6.07) is 6.64. The number of alkyl halides is 3. The van der Waals surface area contributed by atoms with E-state index >= 15 is 0 Å². The average Bonchev–Trinajstić information content (AvgIpc) is 3.05. The lowest BCUT2D eigenvalue weighted by Gasteiger charge is -2.15. The molecule has 2 N–H and O–H groups in total. The largest absolute Gasteiger partial charge is 0.573 e. The van der Waals surface area contributed by atoms with E-state index in [0.29, 0.717) is 0 Å². The molecule has 0 saturated carbocycles. The van der Waals surface area contributed by atoms with Crippen LogP contribution in [-0.4, -0.2) is 32.1 Å². The molecule has 168 valence electrons. The molecule has 7 nitrogen and oxygen atoms in total. The zero-order valence-electron chi connectivity index (χ0n) is 15.2. The molecule has 2 heterocycles. The minimum Gasteiger partial charge on any atom is -0.406 e. The monoisotopic (exact) mass is 631 g/mol. The Bertz CT molecular complexity index is 1190. The van der Waals surface area contributed by atoms with Gasteiger partial charge in [-0.2, -0.15) is 5.10 Å². The van der Waals surface area contributed by atoms with Gasteiger partial charge in [0.2, 0.25) is 0 Å². The van der Waals surface area contributed by atoms with Crippen molar-refractivity contribution in [1.29, 1.82) is 0 Å². The van der Waals surface area contributed by atoms with E-state index in [1.54, 1.807) is 12.1 Å². The van der Waals surface area contributed by atoms with Crippen molar-refractivity contribution < 1.29 is 22.7 Å². The molecule has 15 heteroatoms. The van der Waals surface area contributed by atoms with E-state index in [9.17, 15) is 18.0 Å². The molecule has 0 saturated heterocycles. The lowest BCUT2D eigenvalue weighted by atomic mass is 10.3. The summed E-state index contributed by atoms with van der Waals surface area (Å²) in [5.41, 5.74) is 0.246. The second kappa shape index (κ2) is 9.91. The quantitative estimate of drug-likeness (QED) is 0.337. The number of aromatic nitrogens is 3. The Labute approximate surface area is 210 Å². The van der Waals surface area contributed by atoms with E-state index < -0.39 is 18.0 Å². The molecule has 3 aromatic rings. The Morgan fingerprint density at radius 3 is 2.44 bits per heavy atom. The van der Waals surface area contributed by atoms with Crippen LogP contribution in [0.1, 0.15) is 10.5 Å². The molecule has 32 heavy (non-hydrogen) atoms. The SMILES string of the molecule is O=C(NC(=S)Nc1c(Br)cc(OC(F)(F)F)cc1Br)c1cc(Cl)nn1-c1ncccc1Cl. The molecule has 0 aliphatic rings. The summed E-state index contributed by atoms with van der Waals surface area (Å²) in [5.74, 6) is -0.966. The normalized spacial score (nSPS) is 11.2. The minimum atomic E-state index is -4.85. The Morgan fingerprint density at radius 1 is 1.19 bits per heavy atom. The number of hydrogen-bond acceptors (Lipinski definition) is 5. The van der Waals surface area contributed by atoms with Crippen LogP contribution in [0.15, 0.2) is 45.5 Å². The van der Waals surface area contributed by atoms with E-state index in [-0.39, 0.29) is 41.4 Å². The second-order valence-corrected chi connectivity index (χ2v) is 8.70. The lowest BCUT2D eigenvalue weighted by molar-refractivity contribution is -0.274. The first-order valence-electron chi connectivity index (χ1n) is 8.18. The molecule has 3 rings (SSSR count).